The summed E-state index contributed by atoms with van der Waals surface area (Å²) in [5.74, 6) is 0.951. The summed E-state index contributed by atoms with van der Waals surface area (Å²) in [4.78, 5) is 0.0901. The van der Waals surface area contributed by atoms with Crippen molar-refractivity contribution in [3.63, 3.8) is 0 Å². The van der Waals surface area contributed by atoms with Crippen molar-refractivity contribution in [3.8, 4) is 11.5 Å². The topological polar surface area (TPSA) is 73.9 Å². The number of hydrogen-bond acceptors (Lipinski definition) is 5. The number of methoxy groups -OCH3 is 2. The molecule has 130 valence electrons. The minimum atomic E-state index is -3.75. The molecule has 0 aliphatic heterocycles. The van der Waals surface area contributed by atoms with E-state index < -0.39 is 10.0 Å². The largest absolute Gasteiger partial charge is 0.495 e. The van der Waals surface area contributed by atoms with E-state index in [-0.39, 0.29) is 4.90 Å². The highest BCUT2D eigenvalue weighted by atomic mass is 32.2. The third-order valence-corrected chi connectivity index (χ3v) is 4.76. The number of ether oxygens (including phenoxy) is 3. The molecule has 0 bridgehead atoms. The van der Waals surface area contributed by atoms with Crippen LogP contribution in [0.3, 0.4) is 0 Å². The number of rotatable bonds is 8. The monoisotopic (exact) mass is 351 g/mol. The van der Waals surface area contributed by atoms with Crippen LogP contribution >= 0.6 is 0 Å². The van der Waals surface area contributed by atoms with Gasteiger partial charge in [0, 0.05) is 7.11 Å². The fourth-order valence-electron chi connectivity index (χ4n) is 2.12. The van der Waals surface area contributed by atoms with Crippen molar-refractivity contribution in [1.29, 1.82) is 0 Å². The molecule has 2 aromatic carbocycles. The predicted molar refractivity (Wildman–Crippen MR) is 92.4 cm³/mol. The van der Waals surface area contributed by atoms with E-state index in [9.17, 15) is 8.42 Å². The Morgan fingerprint density at radius 1 is 1.04 bits per heavy atom. The molecule has 0 aliphatic rings. The van der Waals surface area contributed by atoms with Gasteiger partial charge in [0.1, 0.15) is 23.0 Å². The van der Waals surface area contributed by atoms with Gasteiger partial charge in [0.25, 0.3) is 10.0 Å². The van der Waals surface area contributed by atoms with E-state index in [1.807, 2.05) is 6.92 Å². The van der Waals surface area contributed by atoms with Crippen LogP contribution in [-0.4, -0.2) is 35.9 Å². The third kappa shape index (κ3) is 4.39. The molecule has 0 heterocycles. The van der Waals surface area contributed by atoms with Crippen molar-refractivity contribution in [2.45, 2.75) is 11.8 Å². The second-order valence-electron chi connectivity index (χ2n) is 5.07. The summed E-state index contributed by atoms with van der Waals surface area (Å²) in [5, 5.41) is 0. The first-order valence-corrected chi connectivity index (χ1v) is 8.84. The Kier molecular flexibility index (Phi) is 6.05. The Morgan fingerprint density at radius 3 is 2.46 bits per heavy atom. The number of aryl methyl sites for hydroxylation is 1. The number of nitrogens with one attached hydrogen (secondary N) is 1. The summed E-state index contributed by atoms with van der Waals surface area (Å²) in [7, 11) is -0.710. The van der Waals surface area contributed by atoms with Gasteiger partial charge in [-0.15, -0.1) is 0 Å². The van der Waals surface area contributed by atoms with Crippen LogP contribution in [0.25, 0.3) is 0 Å². The van der Waals surface area contributed by atoms with Gasteiger partial charge >= 0.3 is 0 Å². The lowest BCUT2D eigenvalue weighted by molar-refractivity contribution is 0.146. The van der Waals surface area contributed by atoms with Gasteiger partial charge in [-0.05, 0) is 42.8 Å². The number of benzene rings is 2. The molecule has 0 saturated carbocycles. The molecule has 24 heavy (non-hydrogen) atoms. The van der Waals surface area contributed by atoms with Crippen LogP contribution in [0.4, 0.5) is 5.69 Å². The first-order chi connectivity index (χ1) is 11.5. The Balaban J connectivity index is 2.20. The molecule has 0 fully saturated rings. The minimum absolute atomic E-state index is 0.0901. The number of anilines is 1. The third-order valence-electron chi connectivity index (χ3n) is 3.36. The molecule has 0 spiro atoms. The summed E-state index contributed by atoms with van der Waals surface area (Å²) >= 11 is 0. The minimum Gasteiger partial charge on any atom is -0.495 e. The zero-order valence-corrected chi connectivity index (χ0v) is 14.7. The molecule has 6 nitrogen and oxygen atoms in total. The molecular weight excluding hydrogens is 330 g/mol. The lowest BCUT2D eigenvalue weighted by atomic mass is 10.2. The molecular formula is C17H21NO5S. The van der Waals surface area contributed by atoms with E-state index in [0.29, 0.717) is 30.4 Å². The first kappa shape index (κ1) is 18.1. The predicted octanol–water partition coefficient (Wildman–Crippen LogP) is 2.83. The molecule has 7 heteroatoms. The second kappa shape index (κ2) is 8.03. The van der Waals surface area contributed by atoms with Gasteiger partial charge in [-0.1, -0.05) is 12.1 Å². The summed E-state index contributed by atoms with van der Waals surface area (Å²) in [6, 6.07) is 11.6. The molecule has 0 aromatic heterocycles. The van der Waals surface area contributed by atoms with Crippen molar-refractivity contribution in [2.24, 2.45) is 0 Å². The Bertz CT molecular complexity index is 789. The maximum Gasteiger partial charge on any atom is 0.265 e. The van der Waals surface area contributed by atoms with Crippen molar-refractivity contribution in [3.05, 3.63) is 48.0 Å². The normalized spacial score (nSPS) is 11.1. The van der Waals surface area contributed by atoms with Gasteiger partial charge in [0.15, 0.2) is 0 Å². The van der Waals surface area contributed by atoms with Crippen LogP contribution in [0, 0.1) is 6.92 Å². The Hall–Kier alpha value is -2.25. The fraction of sp³-hybridized carbons (Fsp3) is 0.294. The highest BCUT2D eigenvalue weighted by Gasteiger charge is 2.19. The van der Waals surface area contributed by atoms with Crippen LogP contribution in [-0.2, 0) is 14.8 Å². The number of hydrogen-bond donors (Lipinski definition) is 1. The molecule has 0 amide bonds. The number of para-hydroxylation sites is 1. The maximum absolute atomic E-state index is 12.6. The van der Waals surface area contributed by atoms with Gasteiger partial charge in [-0.2, -0.15) is 0 Å². The average Bonchev–Trinajstić information content (AvgIpc) is 2.57. The van der Waals surface area contributed by atoms with E-state index in [1.54, 1.807) is 43.5 Å². The summed E-state index contributed by atoms with van der Waals surface area (Å²) < 4.78 is 43.3. The molecule has 0 saturated heterocycles. The van der Waals surface area contributed by atoms with Crippen molar-refractivity contribution in [1.82, 2.24) is 0 Å². The average molecular weight is 351 g/mol. The van der Waals surface area contributed by atoms with Gasteiger partial charge in [0.2, 0.25) is 0 Å². The van der Waals surface area contributed by atoms with Crippen LogP contribution in [0.1, 0.15) is 5.56 Å². The lowest BCUT2D eigenvalue weighted by Gasteiger charge is -2.14. The molecule has 0 aliphatic carbocycles. The first-order valence-electron chi connectivity index (χ1n) is 7.36. The maximum atomic E-state index is 12.6. The molecule has 1 N–H and O–H groups in total. The Morgan fingerprint density at radius 2 is 1.79 bits per heavy atom. The fourth-order valence-corrected chi connectivity index (χ4v) is 3.43. The summed E-state index contributed by atoms with van der Waals surface area (Å²) in [5.41, 5.74) is 1.24. The second-order valence-corrected chi connectivity index (χ2v) is 6.73. The highest BCUT2D eigenvalue weighted by molar-refractivity contribution is 7.92. The smallest absolute Gasteiger partial charge is 0.265 e. The van der Waals surface area contributed by atoms with E-state index in [0.717, 1.165) is 5.56 Å². The molecule has 2 aromatic rings. The quantitative estimate of drug-likeness (QED) is 0.740. The van der Waals surface area contributed by atoms with E-state index in [2.05, 4.69) is 4.72 Å². The van der Waals surface area contributed by atoms with Crippen LogP contribution in [0.5, 0.6) is 11.5 Å². The van der Waals surface area contributed by atoms with E-state index in [4.69, 9.17) is 14.2 Å². The van der Waals surface area contributed by atoms with Crippen molar-refractivity contribution < 1.29 is 22.6 Å². The van der Waals surface area contributed by atoms with Crippen LogP contribution in [0.15, 0.2) is 47.4 Å². The van der Waals surface area contributed by atoms with E-state index in [1.165, 1.54) is 13.2 Å². The highest BCUT2D eigenvalue weighted by Crippen LogP contribution is 2.28. The van der Waals surface area contributed by atoms with Gasteiger partial charge in [-0.25, -0.2) is 8.42 Å². The SMILES string of the molecule is COCCOc1ccc(NS(=O)(=O)c2ccccc2OC)c(C)c1. The van der Waals surface area contributed by atoms with Gasteiger partial charge in [-0.3, -0.25) is 4.72 Å². The van der Waals surface area contributed by atoms with Crippen LogP contribution in [0.2, 0.25) is 0 Å². The summed E-state index contributed by atoms with van der Waals surface area (Å²) in [6.07, 6.45) is 0. The molecule has 0 unspecified atom stereocenters. The van der Waals surface area contributed by atoms with Gasteiger partial charge < -0.3 is 14.2 Å². The Labute approximate surface area is 142 Å². The van der Waals surface area contributed by atoms with Crippen molar-refractivity contribution >= 4 is 15.7 Å². The van der Waals surface area contributed by atoms with Crippen molar-refractivity contribution in [2.75, 3.05) is 32.2 Å². The molecule has 0 atom stereocenters. The number of sulfonamides is 1. The van der Waals surface area contributed by atoms with Gasteiger partial charge in [0.05, 0.1) is 19.4 Å². The lowest BCUT2D eigenvalue weighted by Crippen LogP contribution is -2.15. The molecule has 0 radical (unpaired) electrons. The zero-order chi connectivity index (χ0) is 17.6. The van der Waals surface area contributed by atoms with E-state index >= 15 is 0 Å². The molecule has 2 rings (SSSR count). The standard InChI is InChI=1S/C17H21NO5S/c1-13-12-14(23-11-10-21-2)8-9-15(13)18-24(19,20)17-7-5-4-6-16(17)22-3/h4-9,12,18H,10-11H2,1-3H3. The zero-order valence-electron chi connectivity index (χ0n) is 13.9. The summed E-state index contributed by atoms with van der Waals surface area (Å²) in [6.45, 7) is 2.73. The van der Waals surface area contributed by atoms with Crippen LogP contribution < -0.4 is 14.2 Å².